The topological polar surface area (TPSA) is 102 Å². The monoisotopic (exact) mass is 284 g/mol. The fraction of sp³-hybridized carbons (Fsp3) is 0.750. The Morgan fingerprint density at radius 1 is 1.30 bits per heavy atom. The van der Waals surface area contributed by atoms with Gasteiger partial charge >= 0.3 is 12.0 Å². The summed E-state index contributed by atoms with van der Waals surface area (Å²) in [6.45, 7) is 2.84. The Hall–Kier alpha value is -1.83. The highest BCUT2D eigenvalue weighted by Crippen LogP contribution is 2.05. The normalized spacial score (nSPS) is 24.1. The number of carbonyl (C=O) groups is 3. The number of nitrogens with zero attached hydrogens (tertiary/aromatic N) is 2. The molecule has 20 heavy (non-hydrogen) atoms. The molecule has 3 N–H and O–H groups in total. The number of nitrogens with one attached hydrogen (secondary N) is 2. The van der Waals surface area contributed by atoms with Crippen LogP contribution >= 0.6 is 0 Å². The average Bonchev–Trinajstić information content (AvgIpc) is 2.64. The fourth-order valence-corrected chi connectivity index (χ4v) is 2.50. The predicted molar refractivity (Wildman–Crippen MR) is 70.2 cm³/mol. The third-order valence-corrected chi connectivity index (χ3v) is 3.54. The average molecular weight is 284 g/mol. The number of hydrogen-bond acceptors (Lipinski definition) is 4. The predicted octanol–water partition coefficient (Wildman–Crippen LogP) is -1.32. The molecule has 2 fully saturated rings. The van der Waals surface area contributed by atoms with E-state index in [9.17, 15) is 14.4 Å². The van der Waals surface area contributed by atoms with Crippen LogP contribution in [0.15, 0.2) is 0 Å². The van der Waals surface area contributed by atoms with Crippen molar-refractivity contribution in [2.45, 2.75) is 18.9 Å². The molecule has 0 aromatic carbocycles. The van der Waals surface area contributed by atoms with Crippen LogP contribution in [-0.2, 0) is 9.59 Å². The van der Waals surface area contributed by atoms with Crippen molar-refractivity contribution in [1.82, 2.24) is 20.4 Å². The van der Waals surface area contributed by atoms with Crippen molar-refractivity contribution in [3.63, 3.8) is 0 Å². The number of aliphatic carboxylic acids is 1. The quantitative estimate of drug-likeness (QED) is 0.596. The first-order valence-electron chi connectivity index (χ1n) is 6.81. The Labute approximate surface area is 117 Å². The van der Waals surface area contributed by atoms with Crippen molar-refractivity contribution < 1.29 is 19.5 Å². The first kappa shape index (κ1) is 14.6. The van der Waals surface area contributed by atoms with Crippen LogP contribution in [0.5, 0.6) is 0 Å². The fourth-order valence-electron chi connectivity index (χ4n) is 2.50. The molecule has 1 atom stereocenters. The van der Waals surface area contributed by atoms with Gasteiger partial charge in [-0.15, -0.1) is 0 Å². The molecule has 2 aliphatic heterocycles. The van der Waals surface area contributed by atoms with Crippen LogP contribution in [-0.4, -0.2) is 78.1 Å². The summed E-state index contributed by atoms with van der Waals surface area (Å²) in [5, 5.41) is 14.3. The van der Waals surface area contributed by atoms with Crippen LogP contribution in [0.3, 0.4) is 0 Å². The molecule has 1 unspecified atom stereocenters. The third-order valence-electron chi connectivity index (χ3n) is 3.54. The zero-order chi connectivity index (χ0) is 14.5. The summed E-state index contributed by atoms with van der Waals surface area (Å²) in [7, 11) is 0. The first-order valence-corrected chi connectivity index (χ1v) is 6.81. The minimum Gasteiger partial charge on any atom is -0.480 e. The molecule has 2 rings (SSSR count). The molecule has 2 aliphatic rings. The number of carbonyl (C=O) groups excluding carboxylic acids is 2. The minimum absolute atomic E-state index is 0.0104. The van der Waals surface area contributed by atoms with Gasteiger partial charge in [0.25, 0.3) is 0 Å². The Balaban J connectivity index is 1.79. The van der Waals surface area contributed by atoms with E-state index in [1.165, 1.54) is 0 Å². The first-order chi connectivity index (χ1) is 9.54. The van der Waals surface area contributed by atoms with E-state index in [1.807, 2.05) is 4.90 Å². The van der Waals surface area contributed by atoms with Gasteiger partial charge in [0, 0.05) is 39.1 Å². The molecule has 2 heterocycles. The molecule has 0 aromatic heterocycles. The zero-order valence-corrected chi connectivity index (χ0v) is 11.3. The van der Waals surface area contributed by atoms with Crippen LogP contribution in [0.4, 0.5) is 4.79 Å². The summed E-state index contributed by atoms with van der Waals surface area (Å²) >= 11 is 0. The maximum Gasteiger partial charge on any atom is 0.317 e. The van der Waals surface area contributed by atoms with Gasteiger partial charge in [-0.2, -0.15) is 0 Å². The Bertz CT molecular complexity index is 401. The number of amides is 3. The van der Waals surface area contributed by atoms with Crippen molar-refractivity contribution >= 4 is 17.9 Å². The largest absolute Gasteiger partial charge is 0.480 e. The third kappa shape index (κ3) is 4.09. The second kappa shape index (κ2) is 6.56. The van der Waals surface area contributed by atoms with Crippen LogP contribution in [0.1, 0.15) is 12.8 Å². The molecule has 2 saturated heterocycles. The van der Waals surface area contributed by atoms with Crippen molar-refractivity contribution in [3.05, 3.63) is 0 Å². The lowest BCUT2D eigenvalue weighted by molar-refractivity contribution is -0.138. The van der Waals surface area contributed by atoms with Crippen LogP contribution in [0, 0.1) is 0 Å². The SMILES string of the molecule is O=C(O)CN1CCCN(C(=O)NC2CNC(=O)C2)CC1. The van der Waals surface area contributed by atoms with Gasteiger partial charge in [0.2, 0.25) is 5.91 Å². The van der Waals surface area contributed by atoms with E-state index < -0.39 is 5.97 Å². The highest BCUT2D eigenvalue weighted by Gasteiger charge is 2.26. The number of carboxylic acid groups (broad SMARTS) is 1. The van der Waals surface area contributed by atoms with E-state index in [0.29, 0.717) is 39.1 Å². The molecule has 112 valence electrons. The summed E-state index contributed by atoms with van der Waals surface area (Å²) < 4.78 is 0. The maximum atomic E-state index is 12.1. The number of urea groups is 1. The van der Waals surface area contributed by atoms with E-state index >= 15 is 0 Å². The van der Waals surface area contributed by atoms with E-state index in [2.05, 4.69) is 10.6 Å². The lowest BCUT2D eigenvalue weighted by Crippen LogP contribution is -2.47. The van der Waals surface area contributed by atoms with E-state index in [4.69, 9.17) is 5.11 Å². The lowest BCUT2D eigenvalue weighted by atomic mass is 10.2. The summed E-state index contributed by atoms with van der Waals surface area (Å²) in [4.78, 5) is 37.4. The molecule has 3 amide bonds. The molecule has 0 saturated carbocycles. The summed E-state index contributed by atoms with van der Waals surface area (Å²) in [6.07, 6.45) is 1.08. The van der Waals surface area contributed by atoms with Gasteiger partial charge in [0.05, 0.1) is 12.6 Å². The number of hydrogen-bond donors (Lipinski definition) is 3. The summed E-state index contributed by atoms with van der Waals surface area (Å²) in [5.74, 6) is -0.891. The van der Waals surface area contributed by atoms with E-state index in [1.54, 1.807) is 4.90 Å². The number of rotatable bonds is 3. The van der Waals surface area contributed by atoms with E-state index in [0.717, 1.165) is 6.42 Å². The lowest BCUT2D eigenvalue weighted by Gasteiger charge is -2.23. The second-order valence-electron chi connectivity index (χ2n) is 5.17. The zero-order valence-electron chi connectivity index (χ0n) is 11.3. The molecule has 8 nitrogen and oxygen atoms in total. The summed E-state index contributed by atoms with van der Waals surface area (Å²) in [5.41, 5.74) is 0. The van der Waals surface area contributed by atoms with Crippen molar-refractivity contribution in [3.8, 4) is 0 Å². The van der Waals surface area contributed by atoms with Gasteiger partial charge in [-0.05, 0) is 6.42 Å². The Kier molecular flexibility index (Phi) is 4.78. The van der Waals surface area contributed by atoms with Crippen molar-refractivity contribution in [2.75, 3.05) is 39.3 Å². The molecule has 0 spiro atoms. The molecule has 0 bridgehead atoms. The van der Waals surface area contributed by atoms with Crippen LogP contribution < -0.4 is 10.6 Å². The number of carboxylic acids is 1. The molecule has 0 aliphatic carbocycles. The molecule has 8 heteroatoms. The van der Waals surface area contributed by atoms with Gasteiger partial charge in [-0.1, -0.05) is 0 Å². The highest BCUT2D eigenvalue weighted by atomic mass is 16.4. The van der Waals surface area contributed by atoms with Gasteiger partial charge in [0.1, 0.15) is 0 Å². The van der Waals surface area contributed by atoms with Crippen molar-refractivity contribution in [1.29, 1.82) is 0 Å². The minimum atomic E-state index is -0.849. The van der Waals surface area contributed by atoms with Gasteiger partial charge < -0.3 is 20.6 Å². The smallest absolute Gasteiger partial charge is 0.317 e. The van der Waals surface area contributed by atoms with Gasteiger partial charge in [0.15, 0.2) is 0 Å². The molecule has 0 radical (unpaired) electrons. The molecule has 0 aromatic rings. The molecular formula is C12H20N4O4. The molecular weight excluding hydrogens is 264 g/mol. The highest BCUT2D eigenvalue weighted by molar-refractivity contribution is 5.81. The van der Waals surface area contributed by atoms with Gasteiger partial charge in [-0.3, -0.25) is 14.5 Å². The maximum absolute atomic E-state index is 12.1. The van der Waals surface area contributed by atoms with E-state index in [-0.39, 0.29) is 24.5 Å². The summed E-state index contributed by atoms with van der Waals surface area (Å²) in [6, 6.07) is -0.322. The standard InChI is InChI=1S/C12H20N4O4/c17-10-6-9(7-13-10)14-12(20)16-3-1-2-15(4-5-16)8-11(18)19/h9H,1-8H2,(H,13,17)(H,14,20)(H,18,19). The van der Waals surface area contributed by atoms with Crippen molar-refractivity contribution in [2.24, 2.45) is 0 Å². The Morgan fingerprint density at radius 3 is 2.75 bits per heavy atom. The van der Waals surface area contributed by atoms with Crippen LogP contribution in [0.25, 0.3) is 0 Å². The van der Waals surface area contributed by atoms with Gasteiger partial charge in [-0.25, -0.2) is 4.79 Å². The Morgan fingerprint density at radius 2 is 2.10 bits per heavy atom. The van der Waals surface area contributed by atoms with Crippen LogP contribution in [0.2, 0.25) is 0 Å². The second-order valence-corrected chi connectivity index (χ2v) is 5.17.